The summed E-state index contributed by atoms with van der Waals surface area (Å²) < 4.78 is 27.2. The predicted molar refractivity (Wildman–Crippen MR) is 83.7 cm³/mol. The lowest BCUT2D eigenvalue weighted by Gasteiger charge is -2.13. The van der Waals surface area contributed by atoms with Gasteiger partial charge in [-0.25, -0.2) is 13.4 Å². The molecule has 1 fully saturated rings. The molecular weight excluding hydrogens is 288 g/mol. The van der Waals surface area contributed by atoms with E-state index in [-0.39, 0.29) is 0 Å². The fourth-order valence-corrected chi connectivity index (χ4v) is 3.36. The van der Waals surface area contributed by atoms with E-state index >= 15 is 0 Å². The number of nitrogens with one attached hydrogen (secondary N) is 1. The van der Waals surface area contributed by atoms with E-state index < -0.39 is 10.0 Å². The highest BCUT2D eigenvalue weighted by atomic mass is 32.2. The van der Waals surface area contributed by atoms with Gasteiger partial charge in [0.2, 0.25) is 10.0 Å². The Bertz CT molecular complexity index is 761. The smallest absolute Gasteiger partial charge is 0.229 e. The first-order valence-corrected chi connectivity index (χ1v) is 8.97. The number of rotatable bonds is 4. The van der Waals surface area contributed by atoms with E-state index in [9.17, 15) is 8.42 Å². The molecule has 114 valence electrons. The zero-order valence-corrected chi connectivity index (χ0v) is 13.2. The molecule has 1 aliphatic rings. The normalized spacial score (nSPS) is 16.7. The molecule has 21 heavy (non-hydrogen) atoms. The Morgan fingerprint density at radius 2 is 2.00 bits per heavy atom. The summed E-state index contributed by atoms with van der Waals surface area (Å²) >= 11 is 0. The van der Waals surface area contributed by atoms with Crippen LogP contribution < -0.4 is 4.72 Å². The molecule has 0 bridgehead atoms. The maximum Gasteiger partial charge on any atom is 0.229 e. The summed E-state index contributed by atoms with van der Waals surface area (Å²) in [4.78, 5) is 7.05. The molecule has 0 atom stereocenters. The monoisotopic (exact) mass is 308 g/mol. The number of fused-ring (bicyclic) bond motifs is 1. The summed E-state index contributed by atoms with van der Waals surface area (Å²) in [6.07, 6.45) is 3.66. The second-order valence-corrected chi connectivity index (χ2v) is 7.40. The first kappa shape index (κ1) is 14.3. The van der Waals surface area contributed by atoms with E-state index in [0.29, 0.717) is 5.69 Å². The highest BCUT2D eigenvalue weighted by Gasteiger charge is 2.16. The van der Waals surface area contributed by atoms with E-state index in [0.717, 1.165) is 42.7 Å². The van der Waals surface area contributed by atoms with Gasteiger partial charge in [0.1, 0.15) is 5.82 Å². The Morgan fingerprint density at radius 3 is 2.67 bits per heavy atom. The van der Waals surface area contributed by atoms with Gasteiger partial charge in [-0.3, -0.25) is 9.62 Å². The minimum Gasteiger partial charge on any atom is -0.330 e. The van der Waals surface area contributed by atoms with Crippen molar-refractivity contribution in [2.45, 2.75) is 19.4 Å². The zero-order valence-electron chi connectivity index (χ0n) is 12.3. The van der Waals surface area contributed by atoms with Crippen LogP contribution in [0.15, 0.2) is 18.2 Å². The van der Waals surface area contributed by atoms with Gasteiger partial charge in [-0.15, -0.1) is 0 Å². The van der Waals surface area contributed by atoms with Crippen LogP contribution in [0, 0.1) is 0 Å². The second kappa shape index (κ2) is 5.31. The number of benzene rings is 1. The van der Waals surface area contributed by atoms with E-state index in [1.165, 1.54) is 12.8 Å². The van der Waals surface area contributed by atoms with Gasteiger partial charge in [0.05, 0.1) is 29.5 Å². The number of sulfonamides is 1. The van der Waals surface area contributed by atoms with Crippen molar-refractivity contribution < 1.29 is 8.42 Å². The van der Waals surface area contributed by atoms with Gasteiger partial charge in [0.25, 0.3) is 0 Å². The second-order valence-electron chi connectivity index (χ2n) is 5.65. The minimum absolute atomic E-state index is 0.552. The number of hydrogen-bond acceptors (Lipinski definition) is 4. The van der Waals surface area contributed by atoms with Crippen LogP contribution in [-0.4, -0.2) is 42.2 Å². The third-order valence-electron chi connectivity index (χ3n) is 3.84. The van der Waals surface area contributed by atoms with Gasteiger partial charge in [-0.05, 0) is 44.1 Å². The van der Waals surface area contributed by atoms with Crippen molar-refractivity contribution in [1.29, 1.82) is 0 Å². The largest absolute Gasteiger partial charge is 0.330 e. The SMILES string of the molecule is Cn1c(CN2CCCC2)nc2cc(NS(C)(=O)=O)ccc21. The maximum atomic E-state index is 11.3. The Kier molecular flexibility index (Phi) is 3.62. The topological polar surface area (TPSA) is 67.2 Å². The molecule has 1 N–H and O–H groups in total. The van der Waals surface area contributed by atoms with E-state index in [1.54, 1.807) is 12.1 Å². The lowest BCUT2D eigenvalue weighted by molar-refractivity contribution is 0.319. The van der Waals surface area contributed by atoms with E-state index in [2.05, 4.69) is 19.2 Å². The average molecular weight is 308 g/mol. The molecular formula is C14H20N4O2S. The van der Waals surface area contributed by atoms with Gasteiger partial charge >= 0.3 is 0 Å². The van der Waals surface area contributed by atoms with Gasteiger partial charge in [0, 0.05) is 7.05 Å². The van der Waals surface area contributed by atoms with Crippen molar-refractivity contribution in [3.8, 4) is 0 Å². The third-order valence-corrected chi connectivity index (χ3v) is 4.45. The van der Waals surface area contributed by atoms with Crippen LogP contribution in [0.5, 0.6) is 0 Å². The molecule has 7 heteroatoms. The van der Waals surface area contributed by atoms with Crippen LogP contribution in [0.3, 0.4) is 0 Å². The molecule has 0 saturated carbocycles. The predicted octanol–water partition coefficient (Wildman–Crippen LogP) is 1.54. The fourth-order valence-electron chi connectivity index (χ4n) is 2.81. The van der Waals surface area contributed by atoms with Gasteiger partial charge in [-0.1, -0.05) is 0 Å². The molecule has 0 radical (unpaired) electrons. The fraction of sp³-hybridized carbons (Fsp3) is 0.500. The summed E-state index contributed by atoms with van der Waals surface area (Å²) in [5.74, 6) is 1.02. The molecule has 1 aromatic heterocycles. The van der Waals surface area contributed by atoms with Gasteiger partial charge in [-0.2, -0.15) is 0 Å². The molecule has 0 spiro atoms. The van der Waals surface area contributed by atoms with Gasteiger partial charge in [0.15, 0.2) is 0 Å². The first-order valence-electron chi connectivity index (χ1n) is 7.08. The summed E-state index contributed by atoms with van der Waals surface area (Å²) in [5, 5.41) is 0. The molecule has 0 unspecified atom stereocenters. The van der Waals surface area contributed by atoms with Crippen molar-refractivity contribution in [1.82, 2.24) is 14.5 Å². The first-order chi connectivity index (χ1) is 9.92. The third kappa shape index (κ3) is 3.19. The van der Waals surface area contributed by atoms with Crippen LogP contribution in [-0.2, 0) is 23.6 Å². The molecule has 3 rings (SSSR count). The Labute approximate surface area is 124 Å². The highest BCUT2D eigenvalue weighted by molar-refractivity contribution is 7.92. The molecule has 2 aromatic rings. The lowest BCUT2D eigenvalue weighted by Crippen LogP contribution is -2.20. The summed E-state index contributed by atoms with van der Waals surface area (Å²) in [6.45, 7) is 3.11. The Balaban J connectivity index is 1.91. The molecule has 1 aliphatic heterocycles. The van der Waals surface area contributed by atoms with Crippen molar-refractivity contribution in [2.24, 2.45) is 7.05 Å². The average Bonchev–Trinajstić information content (AvgIpc) is 2.98. The van der Waals surface area contributed by atoms with Gasteiger partial charge < -0.3 is 4.57 Å². The van der Waals surface area contributed by atoms with Crippen LogP contribution in [0.2, 0.25) is 0 Å². The zero-order chi connectivity index (χ0) is 15.0. The highest BCUT2D eigenvalue weighted by Crippen LogP contribution is 2.21. The van der Waals surface area contributed by atoms with Crippen molar-refractivity contribution in [3.05, 3.63) is 24.0 Å². The summed E-state index contributed by atoms with van der Waals surface area (Å²) in [5.41, 5.74) is 2.39. The van der Waals surface area contributed by atoms with Crippen molar-refractivity contribution in [3.63, 3.8) is 0 Å². The number of nitrogens with zero attached hydrogens (tertiary/aromatic N) is 3. The minimum atomic E-state index is -3.26. The quantitative estimate of drug-likeness (QED) is 0.930. The molecule has 6 nitrogen and oxygen atoms in total. The Morgan fingerprint density at radius 1 is 1.29 bits per heavy atom. The van der Waals surface area contributed by atoms with Crippen molar-refractivity contribution in [2.75, 3.05) is 24.1 Å². The molecule has 0 amide bonds. The van der Waals surface area contributed by atoms with Crippen LogP contribution >= 0.6 is 0 Å². The lowest BCUT2D eigenvalue weighted by atomic mass is 10.3. The number of imidazole rings is 1. The van der Waals surface area contributed by atoms with Crippen molar-refractivity contribution >= 4 is 26.7 Å². The number of hydrogen-bond donors (Lipinski definition) is 1. The molecule has 2 heterocycles. The number of anilines is 1. The number of likely N-dealkylation sites (tertiary alicyclic amines) is 1. The number of aryl methyl sites for hydroxylation is 1. The van der Waals surface area contributed by atoms with E-state index in [4.69, 9.17) is 0 Å². The standard InChI is InChI=1S/C14H20N4O2S/c1-17-13-6-5-11(16-21(2,19)20)9-12(13)15-14(17)10-18-7-3-4-8-18/h5-6,9,16H,3-4,7-8,10H2,1-2H3. The molecule has 1 aromatic carbocycles. The van der Waals surface area contributed by atoms with E-state index in [1.807, 2.05) is 13.1 Å². The van der Waals surface area contributed by atoms with Crippen LogP contribution in [0.25, 0.3) is 11.0 Å². The van der Waals surface area contributed by atoms with Crippen LogP contribution in [0.1, 0.15) is 18.7 Å². The molecule has 0 aliphatic carbocycles. The summed E-state index contributed by atoms with van der Waals surface area (Å²) in [7, 11) is -1.26. The molecule has 1 saturated heterocycles. The Hall–Kier alpha value is -1.60. The maximum absolute atomic E-state index is 11.3. The number of aromatic nitrogens is 2. The summed E-state index contributed by atoms with van der Waals surface area (Å²) in [6, 6.07) is 5.46. The van der Waals surface area contributed by atoms with Crippen LogP contribution in [0.4, 0.5) is 5.69 Å².